The van der Waals surface area contributed by atoms with Gasteiger partial charge in [0.2, 0.25) is 5.91 Å². The molecule has 0 aliphatic carbocycles. The van der Waals surface area contributed by atoms with Crippen LogP contribution in [-0.2, 0) is 11.2 Å². The molecule has 1 heterocycles. The number of hydrogen-bond acceptors (Lipinski definition) is 5. The summed E-state index contributed by atoms with van der Waals surface area (Å²) in [5.74, 6) is 0.0927. The molecule has 0 fully saturated rings. The summed E-state index contributed by atoms with van der Waals surface area (Å²) in [6.07, 6.45) is 0.381. The highest BCUT2D eigenvalue weighted by Crippen LogP contribution is 2.18. The Bertz CT molecular complexity index is 726. The first-order valence-electron chi connectivity index (χ1n) is 8.59. The molecule has 1 aromatic heterocycles. The Labute approximate surface area is 153 Å². The number of tetrazole rings is 1. The van der Waals surface area contributed by atoms with Gasteiger partial charge in [-0.15, -0.1) is 5.10 Å². The Morgan fingerprint density at radius 2 is 1.96 bits per heavy atom. The number of carbonyl (C=O) groups is 1. The van der Waals surface area contributed by atoms with Crippen LogP contribution in [0.4, 0.5) is 4.39 Å². The van der Waals surface area contributed by atoms with Crippen LogP contribution in [0.5, 0.6) is 0 Å². The molecule has 0 radical (unpaired) electrons. The van der Waals surface area contributed by atoms with E-state index in [4.69, 9.17) is 0 Å². The summed E-state index contributed by atoms with van der Waals surface area (Å²) in [5, 5.41) is 14.5. The molecule has 0 saturated carbocycles. The number of hydrogen-bond donors (Lipinski definition) is 1. The molecule has 26 heavy (non-hydrogen) atoms. The van der Waals surface area contributed by atoms with Gasteiger partial charge in [0.15, 0.2) is 0 Å². The summed E-state index contributed by atoms with van der Waals surface area (Å²) in [6, 6.07) is 5.52. The summed E-state index contributed by atoms with van der Waals surface area (Å²) >= 11 is 0. The first-order chi connectivity index (χ1) is 12.2. The lowest BCUT2D eigenvalue weighted by molar-refractivity contribution is -0.125. The molecule has 0 spiro atoms. The number of aryl methyl sites for hydroxylation is 1. The average Bonchev–Trinajstić information content (AvgIpc) is 2.97. The Balaban J connectivity index is 2.14. The topological polar surface area (TPSA) is 75.9 Å². The summed E-state index contributed by atoms with van der Waals surface area (Å²) in [4.78, 5) is 15.0. The smallest absolute Gasteiger partial charge is 0.245 e. The van der Waals surface area contributed by atoms with Gasteiger partial charge in [-0.3, -0.25) is 4.79 Å². The van der Waals surface area contributed by atoms with E-state index in [2.05, 4.69) is 39.6 Å². The molecule has 0 saturated heterocycles. The fraction of sp³-hybridized carbons (Fsp3) is 0.556. The highest BCUT2D eigenvalue weighted by Gasteiger charge is 2.27. The monoisotopic (exact) mass is 362 g/mol. The Morgan fingerprint density at radius 3 is 2.50 bits per heavy atom. The molecule has 7 nitrogen and oxygen atoms in total. The number of rotatable bonds is 8. The maximum atomic E-state index is 13.2. The van der Waals surface area contributed by atoms with Crippen LogP contribution < -0.4 is 5.32 Å². The minimum absolute atomic E-state index is 0.0742. The van der Waals surface area contributed by atoms with Gasteiger partial charge in [0.25, 0.3) is 0 Å². The van der Waals surface area contributed by atoms with Crippen LogP contribution in [0.1, 0.15) is 31.3 Å². The highest BCUT2D eigenvalue weighted by atomic mass is 19.1. The Kier molecular flexibility index (Phi) is 6.42. The molecule has 1 aromatic carbocycles. The third kappa shape index (κ3) is 5.59. The second-order valence-corrected chi connectivity index (χ2v) is 7.64. The van der Waals surface area contributed by atoms with E-state index in [0.717, 1.165) is 12.1 Å². The molecule has 0 bridgehead atoms. The molecule has 2 rings (SSSR count). The minimum atomic E-state index is -0.592. The fourth-order valence-corrected chi connectivity index (χ4v) is 3.02. The molecule has 142 valence electrons. The van der Waals surface area contributed by atoms with Gasteiger partial charge in [-0.05, 0) is 54.6 Å². The standard InChI is InChI=1S/C18H27FN6O/c1-13-21-22-23-25(13)16(10-14-6-8-15(19)9-7-14)17(26)20-11-18(2,3)12-24(4)5/h6-9,16H,10-12H2,1-5H3,(H,20,26). The largest absolute Gasteiger partial charge is 0.354 e. The van der Waals surface area contributed by atoms with Crippen molar-refractivity contribution in [3.05, 3.63) is 41.5 Å². The second-order valence-electron chi connectivity index (χ2n) is 7.64. The number of aromatic nitrogens is 4. The zero-order valence-corrected chi connectivity index (χ0v) is 16.0. The van der Waals surface area contributed by atoms with Gasteiger partial charge < -0.3 is 10.2 Å². The first-order valence-corrected chi connectivity index (χ1v) is 8.59. The lowest BCUT2D eigenvalue weighted by Crippen LogP contribution is -2.43. The minimum Gasteiger partial charge on any atom is -0.354 e. The molecule has 1 N–H and O–H groups in total. The summed E-state index contributed by atoms with van der Waals surface area (Å²) < 4.78 is 14.7. The highest BCUT2D eigenvalue weighted by molar-refractivity contribution is 5.80. The first kappa shape index (κ1) is 20.0. The molecule has 1 amide bonds. The zero-order chi connectivity index (χ0) is 19.3. The number of nitrogens with zero attached hydrogens (tertiary/aromatic N) is 5. The molecule has 2 aromatic rings. The zero-order valence-electron chi connectivity index (χ0n) is 16.0. The van der Waals surface area contributed by atoms with E-state index in [-0.39, 0.29) is 17.1 Å². The molecule has 8 heteroatoms. The van der Waals surface area contributed by atoms with E-state index in [1.807, 2.05) is 14.1 Å². The fourth-order valence-electron chi connectivity index (χ4n) is 3.02. The quantitative estimate of drug-likeness (QED) is 0.772. The van der Waals surface area contributed by atoms with Gasteiger partial charge >= 0.3 is 0 Å². The number of amides is 1. The van der Waals surface area contributed by atoms with E-state index in [9.17, 15) is 9.18 Å². The normalized spacial score (nSPS) is 13.0. The van der Waals surface area contributed by atoms with Crippen molar-refractivity contribution in [2.24, 2.45) is 5.41 Å². The van der Waals surface area contributed by atoms with Crippen molar-refractivity contribution < 1.29 is 9.18 Å². The third-order valence-corrected chi connectivity index (χ3v) is 4.08. The number of halogens is 1. The third-order valence-electron chi connectivity index (χ3n) is 4.08. The maximum absolute atomic E-state index is 13.2. The van der Waals surface area contributed by atoms with Crippen molar-refractivity contribution in [1.82, 2.24) is 30.4 Å². The summed E-state index contributed by atoms with van der Waals surface area (Å²) in [6.45, 7) is 7.33. The van der Waals surface area contributed by atoms with Crippen LogP contribution in [-0.4, -0.2) is 58.2 Å². The lowest BCUT2D eigenvalue weighted by atomic mass is 9.92. The SMILES string of the molecule is Cc1nnnn1C(Cc1ccc(F)cc1)C(=O)NCC(C)(C)CN(C)C. The Morgan fingerprint density at radius 1 is 1.31 bits per heavy atom. The van der Waals surface area contributed by atoms with Crippen molar-refractivity contribution in [2.75, 3.05) is 27.2 Å². The molecule has 1 atom stereocenters. The second kappa shape index (κ2) is 8.35. The van der Waals surface area contributed by atoms with Crippen molar-refractivity contribution in [3.8, 4) is 0 Å². The average molecular weight is 362 g/mol. The van der Waals surface area contributed by atoms with Crippen LogP contribution in [0, 0.1) is 18.2 Å². The van der Waals surface area contributed by atoms with E-state index in [1.54, 1.807) is 19.1 Å². The van der Waals surface area contributed by atoms with Crippen LogP contribution in [0.15, 0.2) is 24.3 Å². The van der Waals surface area contributed by atoms with Gasteiger partial charge in [-0.1, -0.05) is 26.0 Å². The van der Waals surface area contributed by atoms with Gasteiger partial charge in [0, 0.05) is 19.5 Å². The Hall–Kier alpha value is -2.35. The number of carbonyl (C=O) groups excluding carboxylic acids is 1. The van der Waals surface area contributed by atoms with E-state index >= 15 is 0 Å². The van der Waals surface area contributed by atoms with Crippen LogP contribution >= 0.6 is 0 Å². The molecular formula is C18H27FN6O. The van der Waals surface area contributed by atoms with Gasteiger partial charge in [0.05, 0.1) is 0 Å². The summed E-state index contributed by atoms with van der Waals surface area (Å²) in [7, 11) is 4.01. The van der Waals surface area contributed by atoms with E-state index < -0.39 is 6.04 Å². The van der Waals surface area contributed by atoms with Crippen molar-refractivity contribution >= 4 is 5.91 Å². The maximum Gasteiger partial charge on any atom is 0.245 e. The number of benzene rings is 1. The summed E-state index contributed by atoms with van der Waals surface area (Å²) in [5.41, 5.74) is 0.768. The predicted molar refractivity (Wildman–Crippen MR) is 97.0 cm³/mol. The van der Waals surface area contributed by atoms with E-state index in [1.165, 1.54) is 16.8 Å². The van der Waals surface area contributed by atoms with Crippen LogP contribution in [0.3, 0.4) is 0 Å². The van der Waals surface area contributed by atoms with Crippen molar-refractivity contribution in [1.29, 1.82) is 0 Å². The number of nitrogens with one attached hydrogen (secondary N) is 1. The molecule has 1 unspecified atom stereocenters. The van der Waals surface area contributed by atoms with Crippen LogP contribution in [0.25, 0.3) is 0 Å². The lowest BCUT2D eigenvalue weighted by Gasteiger charge is -2.29. The van der Waals surface area contributed by atoms with E-state index in [0.29, 0.717) is 18.8 Å². The van der Waals surface area contributed by atoms with Gasteiger partial charge in [-0.2, -0.15) is 0 Å². The predicted octanol–water partition coefficient (Wildman–Crippen LogP) is 1.61. The van der Waals surface area contributed by atoms with Gasteiger partial charge in [-0.25, -0.2) is 9.07 Å². The molecular weight excluding hydrogens is 335 g/mol. The van der Waals surface area contributed by atoms with Crippen molar-refractivity contribution in [3.63, 3.8) is 0 Å². The molecule has 0 aliphatic rings. The van der Waals surface area contributed by atoms with Gasteiger partial charge in [0.1, 0.15) is 17.7 Å². The molecule has 0 aliphatic heterocycles. The van der Waals surface area contributed by atoms with Crippen molar-refractivity contribution in [2.45, 2.75) is 33.2 Å². The van der Waals surface area contributed by atoms with Crippen LogP contribution in [0.2, 0.25) is 0 Å².